The largest absolute Gasteiger partial charge is 0.493 e. The van der Waals surface area contributed by atoms with Crippen LogP contribution in [0.5, 0.6) is 11.5 Å². The van der Waals surface area contributed by atoms with Gasteiger partial charge in [0.2, 0.25) is 5.91 Å². The summed E-state index contributed by atoms with van der Waals surface area (Å²) in [6.07, 6.45) is 0. The minimum Gasteiger partial charge on any atom is -0.493 e. The molecule has 24 heavy (non-hydrogen) atoms. The van der Waals surface area contributed by atoms with Crippen molar-refractivity contribution in [2.75, 3.05) is 26.0 Å². The number of amides is 1. The Morgan fingerprint density at radius 2 is 1.96 bits per heavy atom. The summed E-state index contributed by atoms with van der Waals surface area (Å²) in [5.41, 5.74) is 1.15. The van der Waals surface area contributed by atoms with E-state index in [1.807, 2.05) is 49.4 Å². The van der Waals surface area contributed by atoms with Crippen molar-refractivity contribution in [2.45, 2.75) is 11.8 Å². The van der Waals surface area contributed by atoms with Gasteiger partial charge >= 0.3 is 0 Å². The van der Waals surface area contributed by atoms with Gasteiger partial charge in [0.25, 0.3) is 0 Å². The molecule has 4 nitrogen and oxygen atoms in total. The average Bonchev–Trinajstić information content (AvgIpc) is 2.58. The van der Waals surface area contributed by atoms with Gasteiger partial charge in [0, 0.05) is 9.37 Å². The Kier molecular flexibility index (Phi) is 7.46. The van der Waals surface area contributed by atoms with Crippen LogP contribution in [0.15, 0.2) is 51.8 Å². The summed E-state index contributed by atoms with van der Waals surface area (Å²) in [6.45, 7) is 2.89. The van der Waals surface area contributed by atoms with Gasteiger partial charge in [-0.1, -0.05) is 28.1 Å². The third-order valence-electron chi connectivity index (χ3n) is 3.25. The van der Waals surface area contributed by atoms with Gasteiger partial charge in [-0.3, -0.25) is 4.79 Å². The molecule has 0 aliphatic carbocycles. The highest BCUT2D eigenvalue weighted by molar-refractivity contribution is 9.10. The number of hydrogen-bond donors (Lipinski definition) is 1. The molecule has 0 saturated heterocycles. The molecule has 2 rings (SSSR count). The lowest BCUT2D eigenvalue weighted by Crippen LogP contribution is -2.29. The summed E-state index contributed by atoms with van der Waals surface area (Å²) < 4.78 is 11.9. The SMILES string of the molecule is COc1ccccc1OCCNC(=O)CSc1ccc(Br)cc1C. The lowest BCUT2D eigenvalue weighted by Gasteiger charge is -2.11. The van der Waals surface area contributed by atoms with Crippen LogP contribution in [-0.2, 0) is 4.79 Å². The maximum absolute atomic E-state index is 11.9. The normalized spacial score (nSPS) is 10.3. The monoisotopic (exact) mass is 409 g/mol. The van der Waals surface area contributed by atoms with Crippen LogP contribution in [0.1, 0.15) is 5.56 Å². The maximum Gasteiger partial charge on any atom is 0.230 e. The van der Waals surface area contributed by atoms with Crippen LogP contribution in [0.3, 0.4) is 0 Å². The van der Waals surface area contributed by atoms with E-state index in [1.165, 1.54) is 11.8 Å². The van der Waals surface area contributed by atoms with Crippen LogP contribution in [0.2, 0.25) is 0 Å². The number of aryl methyl sites for hydroxylation is 1. The molecule has 0 atom stereocenters. The van der Waals surface area contributed by atoms with Gasteiger partial charge in [0.15, 0.2) is 11.5 Å². The minimum absolute atomic E-state index is 0.00838. The summed E-state index contributed by atoms with van der Waals surface area (Å²) in [4.78, 5) is 13.0. The second kappa shape index (κ2) is 9.59. The van der Waals surface area contributed by atoms with Crippen molar-refractivity contribution in [3.05, 3.63) is 52.5 Å². The molecule has 0 aliphatic rings. The first-order chi connectivity index (χ1) is 11.6. The van der Waals surface area contributed by atoms with Gasteiger partial charge in [0.05, 0.1) is 19.4 Å². The topological polar surface area (TPSA) is 47.6 Å². The van der Waals surface area contributed by atoms with Crippen LogP contribution >= 0.6 is 27.7 Å². The molecule has 0 radical (unpaired) electrons. The number of rotatable bonds is 8. The van der Waals surface area contributed by atoms with E-state index in [1.54, 1.807) is 7.11 Å². The highest BCUT2D eigenvalue weighted by atomic mass is 79.9. The second-order valence-corrected chi connectivity index (χ2v) is 6.98. The molecular weight excluding hydrogens is 390 g/mol. The van der Waals surface area contributed by atoms with Crippen molar-refractivity contribution in [3.63, 3.8) is 0 Å². The minimum atomic E-state index is -0.00838. The van der Waals surface area contributed by atoms with E-state index in [4.69, 9.17) is 9.47 Å². The first-order valence-corrected chi connectivity index (χ1v) is 9.29. The van der Waals surface area contributed by atoms with Crippen molar-refractivity contribution >= 4 is 33.6 Å². The summed E-state index contributed by atoms with van der Waals surface area (Å²) in [5.74, 6) is 1.74. The van der Waals surface area contributed by atoms with Crippen LogP contribution < -0.4 is 14.8 Å². The molecule has 0 heterocycles. The number of carbonyl (C=O) groups excluding carboxylic acids is 1. The number of para-hydroxylation sites is 2. The molecule has 0 spiro atoms. The quantitative estimate of drug-likeness (QED) is 0.527. The zero-order valence-corrected chi connectivity index (χ0v) is 16.1. The highest BCUT2D eigenvalue weighted by Gasteiger charge is 2.06. The zero-order valence-electron chi connectivity index (χ0n) is 13.7. The number of benzene rings is 2. The molecule has 0 aliphatic heterocycles. The molecule has 2 aromatic rings. The van der Waals surface area contributed by atoms with E-state index in [0.717, 1.165) is 14.9 Å². The Balaban J connectivity index is 1.70. The molecule has 128 valence electrons. The van der Waals surface area contributed by atoms with Gasteiger partial charge in [-0.05, 0) is 42.8 Å². The predicted octanol–water partition coefficient (Wildman–Crippen LogP) is 4.05. The van der Waals surface area contributed by atoms with Gasteiger partial charge in [-0.2, -0.15) is 0 Å². The standard InChI is InChI=1S/C18H20BrNO3S/c1-13-11-14(19)7-8-17(13)24-12-18(21)20-9-10-23-16-6-4-3-5-15(16)22-2/h3-8,11H,9-10,12H2,1-2H3,(H,20,21). The Morgan fingerprint density at radius 1 is 1.21 bits per heavy atom. The predicted molar refractivity (Wildman–Crippen MR) is 101 cm³/mol. The summed E-state index contributed by atoms with van der Waals surface area (Å²) in [5, 5.41) is 2.86. The van der Waals surface area contributed by atoms with Crippen molar-refractivity contribution in [3.8, 4) is 11.5 Å². The zero-order chi connectivity index (χ0) is 17.4. The van der Waals surface area contributed by atoms with E-state index in [-0.39, 0.29) is 5.91 Å². The number of nitrogens with one attached hydrogen (secondary N) is 1. The van der Waals surface area contributed by atoms with Crippen molar-refractivity contribution < 1.29 is 14.3 Å². The van der Waals surface area contributed by atoms with E-state index < -0.39 is 0 Å². The van der Waals surface area contributed by atoms with Crippen molar-refractivity contribution in [2.24, 2.45) is 0 Å². The molecule has 0 fully saturated rings. The number of ether oxygens (including phenoxy) is 2. The van der Waals surface area contributed by atoms with Gasteiger partial charge in [0.1, 0.15) is 6.61 Å². The molecular formula is C18H20BrNO3S. The second-order valence-electron chi connectivity index (χ2n) is 5.05. The van der Waals surface area contributed by atoms with E-state index >= 15 is 0 Å². The molecule has 2 aromatic carbocycles. The van der Waals surface area contributed by atoms with E-state index in [0.29, 0.717) is 30.4 Å². The summed E-state index contributed by atoms with van der Waals surface area (Å²) >= 11 is 4.97. The molecule has 0 unspecified atom stereocenters. The molecule has 0 saturated carbocycles. The van der Waals surface area contributed by atoms with E-state index in [9.17, 15) is 4.79 Å². The fourth-order valence-electron chi connectivity index (χ4n) is 2.06. The third kappa shape index (κ3) is 5.76. The highest BCUT2D eigenvalue weighted by Crippen LogP contribution is 2.26. The van der Waals surface area contributed by atoms with Gasteiger partial charge < -0.3 is 14.8 Å². The van der Waals surface area contributed by atoms with Crippen LogP contribution in [0.4, 0.5) is 0 Å². The Hall–Kier alpha value is -1.66. The Labute approximate surface area is 155 Å². The summed E-state index contributed by atoms with van der Waals surface area (Å²) in [7, 11) is 1.60. The van der Waals surface area contributed by atoms with Crippen molar-refractivity contribution in [1.29, 1.82) is 0 Å². The maximum atomic E-state index is 11.9. The molecule has 1 amide bonds. The first-order valence-electron chi connectivity index (χ1n) is 7.51. The Bertz CT molecular complexity index is 694. The molecule has 6 heteroatoms. The van der Waals surface area contributed by atoms with Gasteiger partial charge in [-0.15, -0.1) is 11.8 Å². The van der Waals surface area contributed by atoms with Crippen LogP contribution in [0, 0.1) is 6.92 Å². The number of carbonyl (C=O) groups is 1. The van der Waals surface area contributed by atoms with Gasteiger partial charge in [-0.25, -0.2) is 0 Å². The number of thioether (sulfide) groups is 1. The fourth-order valence-corrected chi connectivity index (χ4v) is 3.37. The Morgan fingerprint density at radius 3 is 2.67 bits per heavy atom. The fraction of sp³-hybridized carbons (Fsp3) is 0.278. The lowest BCUT2D eigenvalue weighted by atomic mass is 10.2. The van der Waals surface area contributed by atoms with E-state index in [2.05, 4.69) is 21.2 Å². The first kappa shape index (κ1) is 18.7. The third-order valence-corrected chi connectivity index (χ3v) is 4.92. The lowest BCUT2D eigenvalue weighted by molar-refractivity contribution is -0.118. The summed E-state index contributed by atoms with van der Waals surface area (Å²) in [6, 6.07) is 13.5. The molecule has 0 aromatic heterocycles. The number of halogens is 1. The van der Waals surface area contributed by atoms with Crippen LogP contribution in [-0.4, -0.2) is 31.9 Å². The number of methoxy groups -OCH3 is 1. The average molecular weight is 410 g/mol. The van der Waals surface area contributed by atoms with Crippen LogP contribution in [0.25, 0.3) is 0 Å². The molecule has 1 N–H and O–H groups in total. The molecule has 0 bridgehead atoms. The smallest absolute Gasteiger partial charge is 0.230 e. The van der Waals surface area contributed by atoms with Crippen molar-refractivity contribution in [1.82, 2.24) is 5.32 Å². The number of hydrogen-bond acceptors (Lipinski definition) is 4.